The minimum atomic E-state index is -4.37. The van der Waals surface area contributed by atoms with Gasteiger partial charge in [-0.25, -0.2) is 0 Å². The van der Waals surface area contributed by atoms with Crippen LogP contribution in [0.15, 0.2) is 12.3 Å². The van der Waals surface area contributed by atoms with Crippen LogP contribution in [-0.4, -0.2) is 35.0 Å². The topological polar surface area (TPSA) is 57.9 Å². The molecule has 0 amide bonds. The molecule has 7 heteroatoms. The second-order valence-corrected chi connectivity index (χ2v) is 4.11. The van der Waals surface area contributed by atoms with Crippen LogP contribution in [-0.2, 0) is 0 Å². The van der Waals surface area contributed by atoms with Crippen LogP contribution in [0, 0.1) is 0 Å². The van der Waals surface area contributed by atoms with Crippen molar-refractivity contribution in [1.29, 1.82) is 0 Å². The van der Waals surface area contributed by atoms with E-state index in [1.165, 1.54) is 0 Å². The van der Waals surface area contributed by atoms with E-state index >= 15 is 0 Å². The Bertz CT molecular complexity index is 348. The summed E-state index contributed by atoms with van der Waals surface area (Å²) in [4.78, 5) is 1.56. The quantitative estimate of drug-likeness (QED) is 0.769. The van der Waals surface area contributed by atoms with Crippen LogP contribution in [0.1, 0.15) is 12.8 Å². The first kappa shape index (κ1) is 11.3. The summed E-state index contributed by atoms with van der Waals surface area (Å²) in [7, 11) is 0. The smallest absolute Gasteiger partial charge is 0.353 e. The molecule has 0 aliphatic carbocycles. The zero-order valence-electron chi connectivity index (χ0n) is 8.59. The number of nitrogens with two attached hydrogens (primary N) is 1. The van der Waals surface area contributed by atoms with Crippen molar-refractivity contribution in [1.82, 2.24) is 10.2 Å². The number of alkyl halides is 3. The largest absolute Gasteiger partial charge is 0.408 e. The normalized spacial score (nSPS) is 27.1. The van der Waals surface area contributed by atoms with Crippen LogP contribution in [0.25, 0.3) is 0 Å². The SMILES string of the molecule is N[C@@]1(C(F)(F)F)CCCN(c2cc[nH]n2)C1. The summed E-state index contributed by atoms with van der Waals surface area (Å²) in [5, 5.41) is 6.44. The van der Waals surface area contributed by atoms with E-state index in [0.717, 1.165) is 0 Å². The second-order valence-electron chi connectivity index (χ2n) is 4.11. The van der Waals surface area contributed by atoms with E-state index in [2.05, 4.69) is 10.2 Å². The summed E-state index contributed by atoms with van der Waals surface area (Å²) in [6, 6.07) is 1.64. The number of aromatic nitrogens is 2. The van der Waals surface area contributed by atoms with E-state index in [4.69, 9.17) is 5.73 Å². The highest BCUT2D eigenvalue weighted by Gasteiger charge is 2.53. The van der Waals surface area contributed by atoms with Gasteiger partial charge < -0.3 is 10.6 Å². The number of nitrogens with zero attached hydrogens (tertiary/aromatic N) is 2. The molecule has 0 spiro atoms. The van der Waals surface area contributed by atoms with Crippen LogP contribution in [0.5, 0.6) is 0 Å². The molecular formula is C9H13F3N4. The maximum Gasteiger partial charge on any atom is 0.408 e. The van der Waals surface area contributed by atoms with Gasteiger partial charge in [0.15, 0.2) is 0 Å². The molecule has 0 radical (unpaired) electrons. The number of hydrogen-bond donors (Lipinski definition) is 2. The van der Waals surface area contributed by atoms with Gasteiger partial charge in [0, 0.05) is 25.4 Å². The van der Waals surface area contributed by atoms with Crippen LogP contribution in [0.3, 0.4) is 0 Å². The molecule has 0 unspecified atom stereocenters. The number of halogens is 3. The van der Waals surface area contributed by atoms with Crippen molar-refractivity contribution in [2.75, 3.05) is 18.0 Å². The minimum Gasteiger partial charge on any atom is -0.353 e. The standard InChI is InChI=1S/C9H13F3N4/c10-9(11,12)8(13)3-1-5-16(6-8)7-2-4-14-15-7/h2,4H,1,3,5-6,13H2,(H,14,15)/t8-/m0/s1. The van der Waals surface area contributed by atoms with Gasteiger partial charge in [0.1, 0.15) is 11.4 Å². The van der Waals surface area contributed by atoms with Crippen molar-refractivity contribution >= 4 is 5.82 Å². The molecule has 90 valence electrons. The predicted octanol–water partition coefficient (Wildman–Crippen LogP) is 1.27. The average Bonchev–Trinajstić information content (AvgIpc) is 2.68. The lowest BCUT2D eigenvalue weighted by molar-refractivity contribution is -0.187. The third-order valence-electron chi connectivity index (χ3n) is 2.90. The Labute approximate surface area is 90.6 Å². The van der Waals surface area contributed by atoms with E-state index in [1.807, 2.05) is 0 Å². The molecule has 0 bridgehead atoms. The Morgan fingerprint density at radius 1 is 1.50 bits per heavy atom. The molecule has 0 aromatic carbocycles. The molecule has 16 heavy (non-hydrogen) atoms. The van der Waals surface area contributed by atoms with Gasteiger partial charge in [-0.15, -0.1) is 0 Å². The summed E-state index contributed by atoms with van der Waals surface area (Å²) in [6.45, 7) is 0.321. The van der Waals surface area contributed by atoms with Crippen LogP contribution in [0.2, 0.25) is 0 Å². The first-order chi connectivity index (χ1) is 7.42. The molecule has 1 aromatic heterocycles. The third kappa shape index (κ3) is 1.87. The highest BCUT2D eigenvalue weighted by atomic mass is 19.4. The summed E-state index contributed by atoms with van der Waals surface area (Å²) in [6.07, 6.45) is -2.40. The molecule has 1 atom stereocenters. The van der Waals surface area contributed by atoms with E-state index < -0.39 is 11.7 Å². The molecule has 1 aromatic rings. The van der Waals surface area contributed by atoms with Gasteiger partial charge in [-0.1, -0.05) is 0 Å². The van der Waals surface area contributed by atoms with Crippen molar-refractivity contribution < 1.29 is 13.2 Å². The van der Waals surface area contributed by atoms with Gasteiger partial charge in [0.2, 0.25) is 0 Å². The summed E-state index contributed by atoms with van der Waals surface area (Å²) in [5.74, 6) is 0.513. The molecule has 1 saturated heterocycles. The average molecular weight is 234 g/mol. The molecular weight excluding hydrogens is 221 g/mol. The maximum absolute atomic E-state index is 12.8. The number of piperidine rings is 1. The van der Waals surface area contributed by atoms with E-state index in [0.29, 0.717) is 18.8 Å². The third-order valence-corrected chi connectivity index (χ3v) is 2.90. The van der Waals surface area contributed by atoms with E-state index in [1.54, 1.807) is 17.2 Å². The van der Waals surface area contributed by atoms with Crippen molar-refractivity contribution in [2.45, 2.75) is 24.6 Å². The van der Waals surface area contributed by atoms with Gasteiger partial charge in [-0.3, -0.25) is 5.10 Å². The molecule has 2 heterocycles. The molecule has 1 aliphatic heterocycles. The molecule has 1 aliphatic rings. The van der Waals surface area contributed by atoms with Crippen LogP contribution < -0.4 is 10.6 Å². The lowest BCUT2D eigenvalue weighted by atomic mass is 9.89. The maximum atomic E-state index is 12.8. The van der Waals surface area contributed by atoms with Crippen molar-refractivity contribution in [3.05, 3.63) is 12.3 Å². The predicted molar refractivity (Wildman–Crippen MR) is 53.0 cm³/mol. The summed E-state index contributed by atoms with van der Waals surface area (Å²) < 4.78 is 38.3. The van der Waals surface area contributed by atoms with Gasteiger partial charge in [0.25, 0.3) is 0 Å². The van der Waals surface area contributed by atoms with Gasteiger partial charge >= 0.3 is 6.18 Å². The Hall–Kier alpha value is -1.24. The fourth-order valence-corrected chi connectivity index (χ4v) is 1.94. The number of hydrogen-bond acceptors (Lipinski definition) is 3. The minimum absolute atomic E-state index is 0.0303. The second kappa shape index (κ2) is 3.65. The number of nitrogens with one attached hydrogen (secondary N) is 1. The van der Waals surface area contributed by atoms with Gasteiger partial charge in [0.05, 0.1) is 0 Å². The first-order valence-electron chi connectivity index (χ1n) is 5.03. The molecule has 4 nitrogen and oxygen atoms in total. The highest BCUT2D eigenvalue weighted by molar-refractivity contribution is 5.38. The van der Waals surface area contributed by atoms with Gasteiger partial charge in [-0.05, 0) is 12.8 Å². The number of aromatic amines is 1. The molecule has 0 saturated carbocycles. The molecule has 3 N–H and O–H groups in total. The first-order valence-corrected chi connectivity index (χ1v) is 5.03. The Morgan fingerprint density at radius 3 is 2.81 bits per heavy atom. The number of H-pyrrole nitrogens is 1. The van der Waals surface area contributed by atoms with Crippen LogP contribution >= 0.6 is 0 Å². The summed E-state index contributed by atoms with van der Waals surface area (Å²) in [5.41, 5.74) is 3.31. The fourth-order valence-electron chi connectivity index (χ4n) is 1.94. The Kier molecular flexibility index (Phi) is 2.57. The van der Waals surface area contributed by atoms with Gasteiger partial charge in [-0.2, -0.15) is 18.3 Å². The van der Waals surface area contributed by atoms with E-state index in [9.17, 15) is 13.2 Å². The Morgan fingerprint density at radius 2 is 2.25 bits per heavy atom. The Balaban J connectivity index is 2.16. The van der Waals surface area contributed by atoms with Crippen molar-refractivity contribution in [2.24, 2.45) is 5.73 Å². The monoisotopic (exact) mass is 234 g/mol. The summed E-state index contributed by atoms with van der Waals surface area (Å²) >= 11 is 0. The molecule has 1 fully saturated rings. The molecule has 2 rings (SSSR count). The highest BCUT2D eigenvalue weighted by Crippen LogP contribution is 2.36. The lowest BCUT2D eigenvalue weighted by Gasteiger charge is -2.41. The zero-order valence-corrected chi connectivity index (χ0v) is 8.59. The fraction of sp³-hybridized carbons (Fsp3) is 0.667. The van der Waals surface area contributed by atoms with Crippen LogP contribution in [0.4, 0.5) is 19.0 Å². The number of anilines is 1. The zero-order chi connectivity index (χ0) is 11.8. The van der Waals surface area contributed by atoms with Crippen molar-refractivity contribution in [3.63, 3.8) is 0 Å². The lowest BCUT2D eigenvalue weighted by Crippen LogP contribution is -2.63. The van der Waals surface area contributed by atoms with E-state index in [-0.39, 0.29) is 13.0 Å². The number of rotatable bonds is 1. The van der Waals surface area contributed by atoms with Crippen molar-refractivity contribution in [3.8, 4) is 0 Å².